The molecule has 0 aliphatic carbocycles. The van der Waals surface area contributed by atoms with Crippen molar-refractivity contribution in [3.05, 3.63) is 52.4 Å². The molecule has 3 aromatic rings. The zero-order chi connectivity index (χ0) is 20.4. The van der Waals surface area contributed by atoms with E-state index in [0.29, 0.717) is 30.3 Å². The molecule has 1 aromatic carbocycles. The van der Waals surface area contributed by atoms with Crippen LogP contribution < -0.4 is 4.90 Å². The van der Waals surface area contributed by atoms with Gasteiger partial charge in [0.1, 0.15) is 11.6 Å². The molecule has 1 fully saturated rings. The minimum absolute atomic E-state index is 0.112. The van der Waals surface area contributed by atoms with Crippen molar-refractivity contribution in [2.75, 3.05) is 31.1 Å². The maximum Gasteiger partial charge on any atom is 0.257 e. The van der Waals surface area contributed by atoms with E-state index in [4.69, 9.17) is 16.6 Å². The van der Waals surface area contributed by atoms with Crippen LogP contribution in [0.1, 0.15) is 30.4 Å². The van der Waals surface area contributed by atoms with E-state index >= 15 is 0 Å². The Morgan fingerprint density at radius 3 is 2.62 bits per heavy atom. The van der Waals surface area contributed by atoms with Gasteiger partial charge in [-0.15, -0.1) is 10.2 Å². The predicted octanol–water partition coefficient (Wildman–Crippen LogP) is 2.93. The first-order valence-corrected chi connectivity index (χ1v) is 10.4. The van der Waals surface area contributed by atoms with Crippen LogP contribution >= 0.6 is 11.6 Å². The number of piperazine rings is 1. The third-order valence-electron chi connectivity index (χ3n) is 5.37. The predicted molar refractivity (Wildman–Crippen MR) is 113 cm³/mol. The van der Waals surface area contributed by atoms with Gasteiger partial charge in [0.25, 0.3) is 5.78 Å². The Bertz CT molecular complexity index is 1030. The van der Waals surface area contributed by atoms with E-state index in [9.17, 15) is 4.79 Å². The molecule has 2 aromatic heterocycles. The molecule has 29 heavy (non-hydrogen) atoms. The van der Waals surface area contributed by atoms with Gasteiger partial charge in [-0.1, -0.05) is 43.1 Å². The quantitative estimate of drug-likeness (QED) is 0.644. The molecule has 1 amide bonds. The van der Waals surface area contributed by atoms with Gasteiger partial charge in [0.05, 0.1) is 6.42 Å². The van der Waals surface area contributed by atoms with Crippen molar-refractivity contribution in [2.45, 2.75) is 33.1 Å². The fourth-order valence-electron chi connectivity index (χ4n) is 3.81. The number of hydrogen-bond acceptors (Lipinski definition) is 5. The Kier molecular flexibility index (Phi) is 5.67. The lowest BCUT2D eigenvalue weighted by molar-refractivity contribution is -0.130. The zero-order valence-corrected chi connectivity index (χ0v) is 17.6. The van der Waals surface area contributed by atoms with E-state index < -0.39 is 0 Å². The number of halogens is 1. The normalized spacial score (nSPS) is 14.6. The van der Waals surface area contributed by atoms with Crippen LogP contribution in [0.15, 0.2) is 30.3 Å². The van der Waals surface area contributed by atoms with E-state index in [1.165, 1.54) is 5.69 Å². The van der Waals surface area contributed by atoms with Crippen molar-refractivity contribution in [2.24, 2.45) is 0 Å². The summed E-state index contributed by atoms with van der Waals surface area (Å²) in [4.78, 5) is 21.5. The van der Waals surface area contributed by atoms with Crippen LogP contribution in [-0.4, -0.2) is 56.6 Å². The second-order valence-corrected chi connectivity index (χ2v) is 7.78. The van der Waals surface area contributed by atoms with Gasteiger partial charge in [-0.2, -0.15) is 4.98 Å². The Hall–Kier alpha value is -2.67. The number of aromatic nitrogens is 4. The molecular weight excluding hydrogens is 388 g/mol. The number of hydrogen-bond donors (Lipinski definition) is 0. The first-order valence-electron chi connectivity index (χ1n) is 10.0. The second kappa shape index (κ2) is 8.37. The first-order chi connectivity index (χ1) is 14.1. The van der Waals surface area contributed by atoms with Crippen LogP contribution in [0.2, 0.25) is 5.02 Å². The highest BCUT2D eigenvalue weighted by Crippen LogP contribution is 2.21. The Balaban J connectivity index is 1.45. The van der Waals surface area contributed by atoms with Crippen molar-refractivity contribution < 1.29 is 4.79 Å². The highest BCUT2D eigenvalue weighted by molar-refractivity contribution is 6.31. The van der Waals surface area contributed by atoms with Crippen LogP contribution in [0.4, 0.5) is 5.82 Å². The molecule has 0 N–H and O–H groups in total. The molecule has 0 atom stereocenters. The number of aryl methyl sites for hydroxylation is 2. The summed E-state index contributed by atoms with van der Waals surface area (Å²) in [7, 11) is 0. The summed E-state index contributed by atoms with van der Waals surface area (Å²) in [5, 5.41) is 9.03. The molecule has 4 rings (SSSR count). The molecular formula is C21H25ClN6O. The highest BCUT2D eigenvalue weighted by Gasteiger charge is 2.23. The fraction of sp³-hybridized carbons (Fsp3) is 0.429. The van der Waals surface area contributed by atoms with Gasteiger partial charge < -0.3 is 9.80 Å². The third kappa shape index (κ3) is 4.05. The van der Waals surface area contributed by atoms with Gasteiger partial charge >= 0.3 is 0 Å². The number of rotatable bonds is 5. The van der Waals surface area contributed by atoms with Crippen molar-refractivity contribution in [3.63, 3.8) is 0 Å². The molecule has 0 bridgehead atoms. The summed E-state index contributed by atoms with van der Waals surface area (Å²) in [6.07, 6.45) is 2.32. The molecule has 1 aliphatic heterocycles. The average molecular weight is 413 g/mol. The lowest BCUT2D eigenvalue weighted by atomic mass is 10.1. The molecule has 7 nitrogen and oxygen atoms in total. The molecule has 0 spiro atoms. The smallest absolute Gasteiger partial charge is 0.257 e. The number of nitrogens with zero attached hydrogens (tertiary/aromatic N) is 6. The van der Waals surface area contributed by atoms with Crippen molar-refractivity contribution in [1.29, 1.82) is 0 Å². The van der Waals surface area contributed by atoms with E-state index in [-0.39, 0.29) is 5.91 Å². The lowest BCUT2D eigenvalue weighted by Crippen LogP contribution is -2.49. The van der Waals surface area contributed by atoms with Crippen LogP contribution in [0.25, 0.3) is 5.78 Å². The topological polar surface area (TPSA) is 66.6 Å². The minimum atomic E-state index is 0.112. The van der Waals surface area contributed by atoms with E-state index in [0.717, 1.165) is 43.1 Å². The lowest BCUT2D eigenvalue weighted by Gasteiger charge is -2.35. The Morgan fingerprint density at radius 1 is 1.14 bits per heavy atom. The summed E-state index contributed by atoms with van der Waals surface area (Å²) >= 11 is 6.20. The zero-order valence-electron chi connectivity index (χ0n) is 16.8. The van der Waals surface area contributed by atoms with Gasteiger partial charge in [0.2, 0.25) is 5.91 Å². The highest BCUT2D eigenvalue weighted by atomic mass is 35.5. The van der Waals surface area contributed by atoms with Crippen LogP contribution in [-0.2, 0) is 17.6 Å². The van der Waals surface area contributed by atoms with E-state index in [1.807, 2.05) is 40.5 Å². The SMILES string of the molecule is CCCc1cc(N2CCN(C(=O)Cc3ccccc3Cl)CC2)nc2nnc(C)n12. The largest absolute Gasteiger partial charge is 0.353 e. The monoisotopic (exact) mass is 412 g/mol. The van der Waals surface area contributed by atoms with Crippen LogP contribution in [0.3, 0.4) is 0 Å². The molecule has 3 heterocycles. The number of anilines is 1. The number of amides is 1. The van der Waals surface area contributed by atoms with Gasteiger partial charge in [-0.25, -0.2) is 0 Å². The minimum Gasteiger partial charge on any atom is -0.353 e. The molecule has 1 saturated heterocycles. The van der Waals surface area contributed by atoms with E-state index in [1.54, 1.807) is 0 Å². The summed E-state index contributed by atoms with van der Waals surface area (Å²) < 4.78 is 2.02. The van der Waals surface area contributed by atoms with Crippen molar-refractivity contribution in [3.8, 4) is 0 Å². The summed E-state index contributed by atoms with van der Waals surface area (Å²) in [6.45, 7) is 6.95. The Morgan fingerprint density at radius 2 is 1.90 bits per heavy atom. The van der Waals surface area contributed by atoms with Crippen LogP contribution in [0.5, 0.6) is 0 Å². The van der Waals surface area contributed by atoms with Gasteiger partial charge in [0, 0.05) is 43.0 Å². The second-order valence-electron chi connectivity index (χ2n) is 7.37. The third-order valence-corrected chi connectivity index (χ3v) is 5.74. The maximum atomic E-state index is 12.7. The number of carbonyl (C=O) groups excluding carboxylic acids is 1. The van der Waals surface area contributed by atoms with Crippen LogP contribution in [0, 0.1) is 6.92 Å². The summed E-state index contributed by atoms with van der Waals surface area (Å²) in [5.74, 6) is 2.52. The Labute approximate surface area is 175 Å². The summed E-state index contributed by atoms with van der Waals surface area (Å²) in [6, 6.07) is 9.65. The fourth-order valence-corrected chi connectivity index (χ4v) is 4.01. The summed E-state index contributed by atoms with van der Waals surface area (Å²) in [5.41, 5.74) is 2.05. The van der Waals surface area contributed by atoms with Gasteiger partial charge in [-0.3, -0.25) is 9.20 Å². The number of benzene rings is 1. The van der Waals surface area contributed by atoms with Gasteiger partial charge in [-0.05, 0) is 25.0 Å². The molecule has 152 valence electrons. The van der Waals surface area contributed by atoms with E-state index in [2.05, 4.69) is 28.1 Å². The van der Waals surface area contributed by atoms with Crippen molar-refractivity contribution in [1.82, 2.24) is 24.5 Å². The standard InChI is InChI=1S/C21H25ClN6O/c1-3-6-17-14-19(23-21-25-24-15(2)28(17)21)26-9-11-27(12-10-26)20(29)13-16-7-4-5-8-18(16)22/h4-5,7-8,14H,3,6,9-13H2,1-2H3. The van der Waals surface area contributed by atoms with Gasteiger partial charge in [0.15, 0.2) is 0 Å². The maximum absolute atomic E-state index is 12.7. The molecule has 0 saturated carbocycles. The molecule has 0 unspecified atom stereocenters. The molecule has 8 heteroatoms. The first kappa shape index (κ1) is 19.6. The molecule has 1 aliphatic rings. The number of carbonyl (C=O) groups is 1. The van der Waals surface area contributed by atoms with Crippen molar-refractivity contribution >= 4 is 29.1 Å². The molecule has 0 radical (unpaired) electrons. The average Bonchev–Trinajstić information content (AvgIpc) is 3.11. The number of fused-ring (bicyclic) bond motifs is 1.